The Morgan fingerprint density at radius 1 is 1.33 bits per heavy atom. The highest BCUT2D eigenvalue weighted by Gasteiger charge is 2.21. The number of nitrogens with one attached hydrogen (secondary N) is 1. The van der Waals surface area contributed by atoms with E-state index in [1.54, 1.807) is 6.92 Å². The van der Waals surface area contributed by atoms with Crippen LogP contribution in [0.2, 0.25) is 0 Å². The maximum atomic E-state index is 11.7. The van der Waals surface area contributed by atoms with Crippen molar-refractivity contribution in [2.75, 3.05) is 12.5 Å². The molecule has 0 fully saturated rings. The molecule has 0 spiro atoms. The number of esters is 1. The summed E-state index contributed by atoms with van der Waals surface area (Å²) >= 11 is 5.42. The van der Waals surface area contributed by atoms with Crippen LogP contribution < -0.4 is 5.32 Å². The number of carbonyl (C=O) groups is 2. The Kier molecular flexibility index (Phi) is 6.22. The number of halogens is 1. The van der Waals surface area contributed by atoms with Crippen molar-refractivity contribution in [3.05, 3.63) is 35.9 Å². The summed E-state index contributed by atoms with van der Waals surface area (Å²) in [4.78, 5) is 23.0. The van der Waals surface area contributed by atoms with Crippen LogP contribution in [-0.2, 0) is 20.7 Å². The molecule has 0 heterocycles. The van der Waals surface area contributed by atoms with Crippen molar-refractivity contribution in [1.82, 2.24) is 5.32 Å². The molecule has 1 rings (SSSR count). The Balaban J connectivity index is 2.71. The van der Waals surface area contributed by atoms with Crippen molar-refractivity contribution in [3.8, 4) is 0 Å². The molecule has 1 aromatic carbocycles. The number of carbonyl (C=O) groups excluding carboxylic acids is 2. The van der Waals surface area contributed by atoms with Crippen LogP contribution in [0.15, 0.2) is 30.3 Å². The predicted octanol–water partition coefficient (Wildman–Crippen LogP) is 1.52. The van der Waals surface area contributed by atoms with Crippen molar-refractivity contribution in [2.45, 2.75) is 19.4 Å². The molecule has 18 heavy (non-hydrogen) atoms. The first kappa shape index (κ1) is 14.5. The second kappa shape index (κ2) is 7.71. The Labute approximate surface area is 111 Å². The summed E-state index contributed by atoms with van der Waals surface area (Å²) in [6.45, 7) is 2.00. The van der Waals surface area contributed by atoms with E-state index in [2.05, 4.69) is 5.32 Å². The smallest absolute Gasteiger partial charge is 0.328 e. The van der Waals surface area contributed by atoms with Crippen LogP contribution in [0.4, 0.5) is 0 Å². The maximum Gasteiger partial charge on any atom is 0.328 e. The van der Waals surface area contributed by atoms with Gasteiger partial charge >= 0.3 is 5.97 Å². The lowest BCUT2D eigenvalue weighted by Gasteiger charge is -2.16. The number of alkyl halides is 1. The van der Waals surface area contributed by atoms with Crippen LogP contribution in [0.25, 0.3) is 0 Å². The number of ether oxygens (including phenoxy) is 1. The fourth-order valence-corrected chi connectivity index (χ4v) is 1.60. The summed E-state index contributed by atoms with van der Waals surface area (Å²) in [6, 6.07) is 8.72. The molecule has 5 heteroatoms. The molecule has 0 radical (unpaired) electrons. The van der Waals surface area contributed by atoms with E-state index < -0.39 is 12.0 Å². The number of benzene rings is 1. The molecule has 0 saturated heterocycles. The summed E-state index contributed by atoms with van der Waals surface area (Å²) in [5.41, 5.74) is 0.949. The molecule has 4 nitrogen and oxygen atoms in total. The van der Waals surface area contributed by atoms with Gasteiger partial charge in [-0.1, -0.05) is 30.3 Å². The molecule has 1 unspecified atom stereocenters. The minimum absolute atomic E-state index is 0.176. The highest BCUT2D eigenvalue weighted by molar-refractivity contribution is 6.27. The van der Waals surface area contributed by atoms with E-state index in [9.17, 15) is 9.59 Å². The van der Waals surface area contributed by atoms with Crippen molar-refractivity contribution in [3.63, 3.8) is 0 Å². The van der Waals surface area contributed by atoms with E-state index in [0.29, 0.717) is 6.42 Å². The first-order chi connectivity index (χ1) is 8.67. The second-order valence-corrected chi connectivity index (χ2v) is 3.96. The zero-order valence-electron chi connectivity index (χ0n) is 10.2. The number of hydrogen-bond donors (Lipinski definition) is 1. The Morgan fingerprint density at radius 2 is 2.00 bits per heavy atom. The second-order valence-electron chi connectivity index (χ2n) is 3.70. The van der Waals surface area contributed by atoms with Gasteiger partial charge in [-0.25, -0.2) is 4.79 Å². The van der Waals surface area contributed by atoms with Gasteiger partial charge < -0.3 is 10.1 Å². The van der Waals surface area contributed by atoms with Gasteiger partial charge in [0.15, 0.2) is 0 Å². The summed E-state index contributed by atoms with van der Waals surface area (Å²) in [5.74, 6) is -1.00. The van der Waals surface area contributed by atoms with Crippen LogP contribution in [0.3, 0.4) is 0 Å². The standard InChI is InChI=1S/C13H16ClNO3/c1-2-18-13(17)11(15-12(16)9-14)8-10-6-4-3-5-7-10/h3-7,11H,2,8-9H2,1H3,(H,15,16). The number of rotatable bonds is 6. The lowest BCUT2D eigenvalue weighted by Crippen LogP contribution is -2.43. The average molecular weight is 270 g/mol. The summed E-state index contributed by atoms with van der Waals surface area (Å²) in [5, 5.41) is 2.55. The number of hydrogen-bond acceptors (Lipinski definition) is 3. The predicted molar refractivity (Wildman–Crippen MR) is 69.4 cm³/mol. The summed E-state index contributed by atoms with van der Waals surface area (Å²) in [7, 11) is 0. The first-order valence-corrected chi connectivity index (χ1v) is 6.26. The maximum absolute atomic E-state index is 11.7. The largest absolute Gasteiger partial charge is 0.464 e. The Hall–Kier alpha value is -1.55. The highest BCUT2D eigenvalue weighted by Crippen LogP contribution is 2.05. The van der Waals surface area contributed by atoms with Gasteiger partial charge in [-0.15, -0.1) is 11.6 Å². The topological polar surface area (TPSA) is 55.4 Å². The molecule has 1 amide bonds. The third-order valence-corrected chi connectivity index (χ3v) is 2.55. The van der Waals surface area contributed by atoms with Gasteiger partial charge in [-0.05, 0) is 12.5 Å². The van der Waals surface area contributed by atoms with E-state index in [0.717, 1.165) is 5.56 Å². The summed E-state index contributed by atoms with van der Waals surface area (Å²) in [6.07, 6.45) is 0.391. The Bertz CT molecular complexity index is 394. The average Bonchev–Trinajstić information content (AvgIpc) is 2.39. The van der Waals surface area contributed by atoms with Crippen LogP contribution >= 0.6 is 11.6 Å². The molecule has 0 aliphatic rings. The zero-order chi connectivity index (χ0) is 13.4. The lowest BCUT2D eigenvalue weighted by atomic mass is 10.1. The van der Waals surface area contributed by atoms with Gasteiger partial charge in [0.05, 0.1) is 6.61 Å². The van der Waals surface area contributed by atoms with Gasteiger partial charge in [-0.3, -0.25) is 4.79 Å². The van der Waals surface area contributed by atoms with Gasteiger partial charge in [0, 0.05) is 6.42 Å². The number of amides is 1. The van der Waals surface area contributed by atoms with Crippen LogP contribution in [0.5, 0.6) is 0 Å². The molecule has 0 aromatic heterocycles. The Morgan fingerprint density at radius 3 is 2.56 bits per heavy atom. The highest BCUT2D eigenvalue weighted by atomic mass is 35.5. The molecule has 1 atom stereocenters. The van der Waals surface area contributed by atoms with Crippen molar-refractivity contribution in [2.24, 2.45) is 0 Å². The van der Waals surface area contributed by atoms with Crippen molar-refractivity contribution in [1.29, 1.82) is 0 Å². The van der Waals surface area contributed by atoms with E-state index in [1.807, 2.05) is 30.3 Å². The molecular formula is C13H16ClNO3. The zero-order valence-corrected chi connectivity index (χ0v) is 10.9. The van der Waals surface area contributed by atoms with Gasteiger partial charge in [0.1, 0.15) is 11.9 Å². The molecule has 0 saturated carbocycles. The molecule has 1 N–H and O–H groups in total. The molecule has 0 bridgehead atoms. The monoisotopic (exact) mass is 269 g/mol. The lowest BCUT2D eigenvalue weighted by molar-refractivity contribution is -0.147. The summed E-state index contributed by atoms with van der Waals surface area (Å²) < 4.78 is 4.92. The quantitative estimate of drug-likeness (QED) is 0.629. The van der Waals surface area contributed by atoms with Crippen LogP contribution in [0, 0.1) is 0 Å². The van der Waals surface area contributed by atoms with Crippen LogP contribution in [-0.4, -0.2) is 30.4 Å². The molecule has 0 aliphatic heterocycles. The minimum Gasteiger partial charge on any atom is -0.464 e. The van der Waals surface area contributed by atoms with Gasteiger partial charge in [0.2, 0.25) is 5.91 Å². The minimum atomic E-state index is -0.696. The van der Waals surface area contributed by atoms with Crippen LogP contribution in [0.1, 0.15) is 12.5 Å². The SMILES string of the molecule is CCOC(=O)C(Cc1ccccc1)NC(=O)CCl. The van der Waals surface area contributed by atoms with Gasteiger partial charge in [-0.2, -0.15) is 0 Å². The first-order valence-electron chi connectivity index (χ1n) is 5.73. The van der Waals surface area contributed by atoms with Gasteiger partial charge in [0.25, 0.3) is 0 Å². The van der Waals surface area contributed by atoms with Crippen molar-refractivity contribution >= 4 is 23.5 Å². The van der Waals surface area contributed by atoms with E-state index >= 15 is 0 Å². The fourth-order valence-electron chi connectivity index (χ4n) is 1.52. The molecule has 98 valence electrons. The van der Waals surface area contributed by atoms with E-state index in [4.69, 9.17) is 16.3 Å². The fraction of sp³-hybridized carbons (Fsp3) is 0.385. The van der Waals surface area contributed by atoms with E-state index in [-0.39, 0.29) is 18.4 Å². The van der Waals surface area contributed by atoms with E-state index in [1.165, 1.54) is 0 Å². The molecular weight excluding hydrogens is 254 g/mol. The molecule has 0 aliphatic carbocycles. The molecule has 1 aromatic rings. The van der Waals surface area contributed by atoms with Crippen molar-refractivity contribution < 1.29 is 14.3 Å². The third kappa shape index (κ3) is 4.75. The third-order valence-electron chi connectivity index (χ3n) is 2.31. The normalized spacial score (nSPS) is 11.7.